The van der Waals surface area contributed by atoms with E-state index in [4.69, 9.17) is 5.73 Å². The zero-order valence-electron chi connectivity index (χ0n) is 13.7. The number of hydrogen-bond donors (Lipinski definition) is 1. The van der Waals surface area contributed by atoms with E-state index in [1.807, 2.05) is 23.1 Å². The second-order valence-electron chi connectivity index (χ2n) is 5.99. The van der Waals surface area contributed by atoms with Gasteiger partial charge in [0.2, 0.25) is 5.91 Å². The summed E-state index contributed by atoms with van der Waals surface area (Å²) in [6.07, 6.45) is 3.53. The largest absolute Gasteiger partial charge is 0.336 e. The number of carbonyl (C=O) groups is 1. The zero-order valence-corrected chi connectivity index (χ0v) is 13.7. The van der Waals surface area contributed by atoms with Crippen molar-refractivity contribution in [3.8, 4) is 0 Å². The van der Waals surface area contributed by atoms with Crippen molar-refractivity contribution in [1.82, 2.24) is 4.90 Å². The molecule has 0 heterocycles. The lowest BCUT2D eigenvalue weighted by atomic mass is 10.0. The SMILES string of the molecule is CCC(C)N(Cc1ccccc1)C(=O)CCC(C)CCN. The monoisotopic (exact) mass is 290 g/mol. The molecule has 2 N–H and O–H groups in total. The summed E-state index contributed by atoms with van der Waals surface area (Å²) in [6.45, 7) is 7.84. The number of hydrogen-bond acceptors (Lipinski definition) is 2. The Hall–Kier alpha value is -1.35. The lowest BCUT2D eigenvalue weighted by Crippen LogP contribution is -2.37. The Morgan fingerprint density at radius 3 is 2.43 bits per heavy atom. The van der Waals surface area contributed by atoms with E-state index in [1.165, 1.54) is 5.56 Å². The van der Waals surface area contributed by atoms with Crippen LogP contribution < -0.4 is 5.73 Å². The molecule has 0 saturated heterocycles. The molecule has 1 aromatic rings. The number of nitrogens with two attached hydrogens (primary N) is 1. The first-order valence-corrected chi connectivity index (χ1v) is 8.11. The third kappa shape index (κ3) is 6.30. The molecule has 0 aliphatic carbocycles. The predicted octanol–water partition coefficient (Wildman–Crippen LogP) is 3.58. The smallest absolute Gasteiger partial charge is 0.223 e. The van der Waals surface area contributed by atoms with Crippen LogP contribution in [0.15, 0.2) is 30.3 Å². The van der Waals surface area contributed by atoms with Gasteiger partial charge >= 0.3 is 0 Å². The molecule has 1 aromatic carbocycles. The molecule has 21 heavy (non-hydrogen) atoms. The molecule has 0 aliphatic rings. The van der Waals surface area contributed by atoms with Crippen molar-refractivity contribution in [1.29, 1.82) is 0 Å². The normalized spacial score (nSPS) is 13.7. The Morgan fingerprint density at radius 1 is 1.19 bits per heavy atom. The average molecular weight is 290 g/mol. The number of amides is 1. The summed E-state index contributed by atoms with van der Waals surface area (Å²) in [5.41, 5.74) is 6.77. The third-order valence-electron chi connectivity index (χ3n) is 4.15. The fraction of sp³-hybridized carbons (Fsp3) is 0.611. The zero-order chi connectivity index (χ0) is 15.7. The molecule has 0 bridgehead atoms. The highest BCUT2D eigenvalue weighted by molar-refractivity contribution is 5.76. The Morgan fingerprint density at radius 2 is 1.86 bits per heavy atom. The number of rotatable bonds is 9. The minimum absolute atomic E-state index is 0.261. The van der Waals surface area contributed by atoms with Crippen LogP contribution in [0.5, 0.6) is 0 Å². The molecule has 2 unspecified atom stereocenters. The molecule has 0 spiro atoms. The van der Waals surface area contributed by atoms with Gasteiger partial charge in [-0.1, -0.05) is 44.2 Å². The summed E-state index contributed by atoms with van der Waals surface area (Å²) in [5, 5.41) is 0. The van der Waals surface area contributed by atoms with E-state index >= 15 is 0 Å². The first-order valence-electron chi connectivity index (χ1n) is 8.11. The highest BCUT2D eigenvalue weighted by atomic mass is 16.2. The molecule has 1 amide bonds. The van der Waals surface area contributed by atoms with Crippen molar-refractivity contribution in [2.45, 2.75) is 59.0 Å². The minimum atomic E-state index is 0.261. The van der Waals surface area contributed by atoms with Crippen LogP contribution in [-0.2, 0) is 11.3 Å². The standard InChI is InChI=1S/C18H30N2O/c1-4-16(3)20(14-17-8-6-5-7-9-17)18(21)11-10-15(2)12-13-19/h5-9,15-16H,4,10-14,19H2,1-3H3. The molecule has 0 radical (unpaired) electrons. The fourth-order valence-electron chi connectivity index (χ4n) is 2.43. The van der Waals surface area contributed by atoms with Gasteiger partial charge in [0.25, 0.3) is 0 Å². The second kappa shape index (κ2) is 9.56. The second-order valence-corrected chi connectivity index (χ2v) is 5.99. The van der Waals surface area contributed by atoms with Crippen LogP contribution in [0, 0.1) is 5.92 Å². The van der Waals surface area contributed by atoms with Gasteiger partial charge in [-0.05, 0) is 44.2 Å². The van der Waals surface area contributed by atoms with Crippen molar-refractivity contribution in [3.63, 3.8) is 0 Å². The molecule has 2 atom stereocenters. The summed E-state index contributed by atoms with van der Waals surface area (Å²) in [6, 6.07) is 10.5. The summed E-state index contributed by atoms with van der Waals surface area (Å²) >= 11 is 0. The van der Waals surface area contributed by atoms with E-state index < -0.39 is 0 Å². The number of carbonyl (C=O) groups excluding carboxylic acids is 1. The van der Waals surface area contributed by atoms with E-state index in [-0.39, 0.29) is 11.9 Å². The molecule has 0 aliphatic heterocycles. The molecular weight excluding hydrogens is 260 g/mol. The maximum atomic E-state index is 12.6. The van der Waals surface area contributed by atoms with Gasteiger partial charge < -0.3 is 10.6 Å². The first kappa shape index (κ1) is 17.7. The summed E-state index contributed by atoms with van der Waals surface area (Å²) in [5.74, 6) is 0.784. The van der Waals surface area contributed by atoms with Crippen LogP contribution in [0.4, 0.5) is 0 Å². The van der Waals surface area contributed by atoms with Crippen LogP contribution in [0.1, 0.15) is 52.0 Å². The topological polar surface area (TPSA) is 46.3 Å². The van der Waals surface area contributed by atoms with Crippen molar-refractivity contribution < 1.29 is 4.79 Å². The quantitative estimate of drug-likeness (QED) is 0.755. The summed E-state index contributed by atoms with van der Waals surface area (Å²) in [7, 11) is 0. The Labute approximate surface area is 129 Å². The summed E-state index contributed by atoms with van der Waals surface area (Å²) < 4.78 is 0. The van der Waals surface area contributed by atoms with Gasteiger partial charge in [0.1, 0.15) is 0 Å². The van der Waals surface area contributed by atoms with E-state index in [0.29, 0.717) is 25.4 Å². The minimum Gasteiger partial charge on any atom is -0.336 e. The van der Waals surface area contributed by atoms with E-state index in [9.17, 15) is 4.79 Å². The van der Waals surface area contributed by atoms with E-state index in [1.54, 1.807) is 0 Å². The molecule has 1 rings (SSSR count). The fourth-order valence-corrected chi connectivity index (χ4v) is 2.43. The van der Waals surface area contributed by atoms with Crippen LogP contribution in [-0.4, -0.2) is 23.4 Å². The van der Waals surface area contributed by atoms with E-state index in [0.717, 1.165) is 19.3 Å². The number of nitrogens with zero attached hydrogens (tertiary/aromatic N) is 1. The summed E-state index contributed by atoms with van der Waals surface area (Å²) in [4.78, 5) is 14.6. The average Bonchev–Trinajstić information content (AvgIpc) is 2.51. The molecule has 118 valence electrons. The Kier molecular flexibility index (Phi) is 8.06. The molecule has 0 saturated carbocycles. The molecule has 3 nitrogen and oxygen atoms in total. The molecule has 0 aromatic heterocycles. The maximum Gasteiger partial charge on any atom is 0.223 e. The molecule has 0 fully saturated rings. The molecular formula is C18H30N2O. The first-order chi connectivity index (χ1) is 10.1. The van der Waals surface area contributed by atoms with Gasteiger partial charge in [-0.2, -0.15) is 0 Å². The van der Waals surface area contributed by atoms with Crippen molar-refractivity contribution in [2.75, 3.05) is 6.54 Å². The van der Waals surface area contributed by atoms with Crippen LogP contribution in [0.3, 0.4) is 0 Å². The van der Waals surface area contributed by atoms with Crippen LogP contribution in [0.2, 0.25) is 0 Å². The molecule has 3 heteroatoms. The lowest BCUT2D eigenvalue weighted by molar-refractivity contribution is -0.134. The van der Waals surface area contributed by atoms with E-state index in [2.05, 4.69) is 32.9 Å². The van der Waals surface area contributed by atoms with Gasteiger partial charge in [-0.15, -0.1) is 0 Å². The Balaban J connectivity index is 2.62. The highest BCUT2D eigenvalue weighted by Gasteiger charge is 2.19. The lowest BCUT2D eigenvalue weighted by Gasteiger charge is -2.29. The number of benzene rings is 1. The van der Waals surface area contributed by atoms with Gasteiger partial charge in [-0.3, -0.25) is 4.79 Å². The predicted molar refractivity (Wildman–Crippen MR) is 88.8 cm³/mol. The Bertz CT molecular complexity index is 405. The van der Waals surface area contributed by atoms with Crippen molar-refractivity contribution in [2.24, 2.45) is 11.7 Å². The van der Waals surface area contributed by atoms with Gasteiger partial charge in [0.15, 0.2) is 0 Å². The van der Waals surface area contributed by atoms with Crippen LogP contribution >= 0.6 is 0 Å². The van der Waals surface area contributed by atoms with Crippen molar-refractivity contribution >= 4 is 5.91 Å². The van der Waals surface area contributed by atoms with Crippen LogP contribution in [0.25, 0.3) is 0 Å². The van der Waals surface area contributed by atoms with Gasteiger partial charge in [-0.25, -0.2) is 0 Å². The maximum absolute atomic E-state index is 12.6. The van der Waals surface area contributed by atoms with Gasteiger partial charge in [0.05, 0.1) is 0 Å². The van der Waals surface area contributed by atoms with Crippen molar-refractivity contribution in [3.05, 3.63) is 35.9 Å². The highest BCUT2D eigenvalue weighted by Crippen LogP contribution is 2.16. The third-order valence-corrected chi connectivity index (χ3v) is 4.15. The van der Waals surface area contributed by atoms with Gasteiger partial charge in [0, 0.05) is 19.0 Å².